The first-order chi connectivity index (χ1) is 10.00. The lowest BCUT2D eigenvalue weighted by Crippen LogP contribution is -2.36. The quantitative estimate of drug-likeness (QED) is 0.838. The summed E-state index contributed by atoms with van der Waals surface area (Å²) in [5.41, 5.74) is 0.935. The van der Waals surface area contributed by atoms with Crippen LogP contribution in [-0.4, -0.2) is 34.4 Å². The Bertz CT molecular complexity index is 537. The summed E-state index contributed by atoms with van der Waals surface area (Å²) in [5.74, 6) is 1.24. The zero-order valence-corrected chi connectivity index (χ0v) is 13.4. The summed E-state index contributed by atoms with van der Waals surface area (Å²) in [6.07, 6.45) is 1.86. The average Bonchev–Trinajstić information content (AvgIpc) is 2.47. The van der Waals surface area contributed by atoms with Crippen molar-refractivity contribution >= 4 is 10.0 Å². The van der Waals surface area contributed by atoms with E-state index in [0.29, 0.717) is 0 Å². The molecular formula is C15H24N2O3S. The number of ether oxygens (including phenoxy) is 1. The minimum atomic E-state index is -3.25. The van der Waals surface area contributed by atoms with Gasteiger partial charge >= 0.3 is 0 Å². The third-order valence-corrected chi connectivity index (χ3v) is 5.51. The number of methoxy groups -OCH3 is 1. The van der Waals surface area contributed by atoms with E-state index in [-0.39, 0.29) is 17.7 Å². The summed E-state index contributed by atoms with van der Waals surface area (Å²) < 4.78 is 32.4. The minimum Gasteiger partial charge on any atom is -0.497 e. The van der Waals surface area contributed by atoms with Crippen LogP contribution in [0.4, 0.5) is 0 Å². The Kier molecular flexibility index (Phi) is 5.61. The van der Waals surface area contributed by atoms with Crippen molar-refractivity contribution in [2.45, 2.75) is 25.8 Å². The van der Waals surface area contributed by atoms with Crippen molar-refractivity contribution < 1.29 is 13.2 Å². The van der Waals surface area contributed by atoms with Crippen molar-refractivity contribution in [3.05, 3.63) is 29.8 Å². The fraction of sp³-hybridized carbons (Fsp3) is 0.600. The molecule has 0 spiro atoms. The molecular weight excluding hydrogens is 288 g/mol. The van der Waals surface area contributed by atoms with E-state index in [1.165, 1.54) is 0 Å². The lowest BCUT2D eigenvalue weighted by Gasteiger charge is -2.23. The van der Waals surface area contributed by atoms with Crippen molar-refractivity contribution in [3.8, 4) is 5.75 Å². The molecule has 0 aromatic heterocycles. The Hall–Kier alpha value is -1.11. The van der Waals surface area contributed by atoms with Gasteiger partial charge in [-0.15, -0.1) is 0 Å². The van der Waals surface area contributed by atoms with Gasteiger partial charge in [0.05, 0.1) is 12.9 Å². The topological polar surface area (TPSA) is 67.4 Å². The van der Waals surface area contributed by atoms with Gasteiger partial charge in [0, 0.05) is 6.04 Å². The van der Waals surface area contributed by atoms with Crippen LogP contribution in [0.1, 0.15) is 31.4 Å². The molecule has 0 saturated carbocycles. The first-order valence-corrected chi connectivity index (χ1v) is 9.00. The first-order valence-electron chi connectivity index (χ1n) is 7.35. The highest BCUT2D eigenvalue weighted by atomic mass is 32.2. The molecule has 118 valence electrons. The molecule has 2 N–H and O–H groups in total. The lowest BCUT2D eigenvalue weighted by molar-refractivity contribution is 0.399. The highest BCUT2D eigenvalue weighted by molar-refractivity contribution is 7.89. The monoisotopic (exact) mass is 312 g/mol. The molecule has 1 saturated heterocycles. The Morgan fingerprint density at radius 3 is 2.48 bits per heavy atom. The molecule has 1 fully saturated rings. The van der Waals surface area contributed by atoms with Gasteiger partial charge in [0.2, 0.25) is 10.0 Å². The number of benzene rings is 1. The number of piperidine rings is 1. The second kappa shape index (κ2) is 7.24. The highest BCUT2D eigenvalue weighted by Crippen LogP contribution is 2.19. The molecule has 1 aromatic rings. The van der Waals surface area contributed by atoms with Crippen LogP contribution in [0.2, 0.25) is 0 Å². The number of hydrogen-bond donors (Lipinski definition) is 2. The zero-order valence-electron chi connectivity index (χ0n) is 12.6. The number of rotatable bonds is 6. The van der Waals surface area contributed by atoms with Crippen LogP contribution in [0, 0.1) is 5.92 Å². The van der Waals surface area contributed by atoms with E-state index < -0.39 is 10.0 Å². The molecule has 6 heteroatoms. The summed E-state index contributed by atoms with van der Waals surface area (Å²) in [5, 5.41) is 3.25. The van der Waals surface area contributed by atoms with E-state index in [1.54, 1.807) is 7.11 Å². The Balaban J connectivity index is 1.94. The molecule has 0 bridgehead atoms. The van der Waals surface area contributed by atoms with E-state index >= 15 is 0 Å². The van der Waals surface area contributed by atoms with E-state index in [1.807, 2.05) is 31.2 Å². The normalized spacial score (nSPS) is 18.4. The maximum atomic E-state index is 12.2. The highest BCUT2D eigenvalue weighted by Gasteiger charge is 2.23. The third-order valence-electron chi connectivity index (χ3n) is 3.89. The molecule has 2 rings (SSSR count). The van der Waals surface area contributed by atoms with Gasteiger partial charge in [0.1, 0.15) is 5.75 Å². The number of hydrogen-bond acceptors (Lipinski definition) is 4. The van der Waals surface area contributed by atoms with Crippen LogP contribution in [0.15, 0.2) is 24.3 Å². The summed E-state index contributed by atoms with van der Waals surface area (Å²) in [4.78, 5) is 0. The minimum absolute atomic E-state index is 0.217. The predicted molar refractivity (Wildman–Crippen MR) is 83.9 cm³/mol. The molecule has 5 nitrogen and oxygen atoms in total. The number of sulfonamides is 1. The van der Waals surface area contributed by atoms with Gasteiger partial charge in [-0.3, -0.25) is 0 Å². The molecule has 0 aliphatic carbocycles. The van der Waals surface area contributed by atoms with E-state index in [9.17, 15) is 8.42 Å². The SMILES string of the molecule is COc1ccc(C(C)NS(=O)(=O)CC2CCNCC2)cc1. The first kappa shape index (κ1) is 16.3. The van der Waals surface area contributed by atoms with Crippen molar-refractivity contribution in [1.82, 2.24) is 10.0 Å². The van der Waals surface area contributed by atoms with Gasteiger partial charge < -0.3 is 10.1 Å². The summed E-state index contributed by atoms with van der Waals surface area (Å²) >= 11 is 0. The average molecular weight is 312 g/mol. The van der Waals surface area contributed by atoms with E-state index in [2.05, 4.69) is 10.0 Å². The standard InChI is InChI=1S/C15H24N2O3S/c1-12(14-3-5-15(20-2)6-4-14)17-21(18,19)11-13-7-9-16-10-8-13/h3-6,12-13,16-17H,7-11H2,1-2H3. The van der Waals surface area contributed by atoms with Gasteiger partial charge in [0.25, 0.3) is 0 Å². The van der Waals surface area contributed by atoms with Gasteiger partial charge in [-0.25, -0.2) is 13.1 Å². The molecule has 1 unspecified atom stereocenters. The second-order valence-corrected chi connectivity index (χ2v) is 7.39. The maximum absolute atomic E-state index is 12.2. The third kappa shape index (κ3) is 4.98. The summed E-state index contributed by atoms with van der Waals surface area (Å²) in [7, 11) is -1.64. The van der Waals surface area contributed by atoms with Crippen molar-refractivity contribution in [1.29, 1.82) is 0 Å². The maximum Gasteiger partial charge on any atom is 0.212 e. The fourth-order valence-electron chi connectivity index (χ4n) is 2.64. The summed E-state index contributed by atoms with van der Waals surface area (Å²) in [6, 6.07) is 7.22. The Morgan fingerprint density at radius 2 is 1.90 bits per heavy atom. The van der Waals surface area contributed by atoms with E-state index in [0.717, 1.165) is 37.2 Å². The van der Waals surface area contributed by atoms with Crippen LogP contribution in [0.3, 0.4) is 0 Å². The van der Waals surface area contributed by atoms with Gasteiger partial charge in [-0.05, 0) is 56.5 Å². The molecule has 1 aliphatic heterocycles. The van der Waals surface area contributed by atoms with Crippen molar-refractivity contribution in [2.75, 3.05) is 26.0 Å². The lowest BCUT2D eigenvalue weighted by atomic mass is 10.0. The van der Waals surface area contributed by atoms with Crippen LogP contribution in [0.5, 0.6) is 5.75 Å². The molecule has 0 amide bonds. The smallest absolute Gasteiger partial charge is 0.212 e. The molecule has 1 atom stereocenters. The summed E-state index contributed by atoms with van der Waals surface area (Å²) in [6.45, 7) is 3.68. The molecule has 1 heterocycles. The Labute approximate surface area is 127 Å². The fourth-order valence-corrected chi connectivity index (χ4v) is 4.36. The molecule has 0 radical (unpaired) electrons. The second-order valence-electron chi connectivity index (χ2n) is 5.59. The van der Waals surface area contributed by atoms with Gasteiger partial charge in [-0.2, -0.15) is 0 Å². The van der Waals surface area contributed by atoms with Crippen LogP contribution in [-0.2, 0) is 10.0 Å². The largest absolute Gasteiger partial charge is 0.497 e. The molecule has 1 aromatic carbocycles. The van der Waals surface area contributed by atoms with Crippen molar-refractivity contribution in [2.24, 2.45) is 5.92 Å². The van der Waals surface area contributed by atoms with Crippen molar-refractivity contribution in [3.63, 3.8) is 0 Å². The van der Waals surface area contributed by atoms with Gasteiger partial charge in [0.15, 0.2) is 0 Å². The van der Waals surface area contributed by atoms with Gasteiger partial charge in [-0.1, -0.05) is 12.1 Å². The van der Waals surface area contributed by atoms with Crippen LogP contribution < -0.4 is 14.8 Å². The van der Waals surface area contributed by atoms with Crippen LogP contribution in [0.25, 0.3) is 0 Å². The Morgan fingerprint density at radius 1 is 1.29 bits per heavy atom. The predicted octanol–water partition coefficient (Wildman–Crippen LogP) is 1.68. The molecule has 21 heavy (non-hydrogen) atoms. The zero-order chi connectivity index (χ0) is 15.3. The number of nitrogens with one attached hydrogen (secondary N) is 2. The van der Waals surface area contributed by atoms with E-state index in [4.69, 9.17) is 4.74 Å². The molecule has 1 aliphatic rings. The van der Waals surface area contributed by atoms with Crippen LogP contribution >= 0.6 is 0 Å².